The summed E-state index contributed by atoms with van der Waals surface area (Å²) >= 11 is 0. The van der Waals surface area contributed by atoms with Gasteiger partial charge in [-0.05, 0) is 50.5 Å². The fraction of sp³-hybridized carbons (Fsp3) is 0.667. The van der Waals surface area contributed by atoms with E-state index in [0.29, 0.717) is 0 Å². The molecule has 0 amide bonds. The highest BCUT2D eigenvalue weighted by molar-refractivity contribution is 14.0. The number of guanidine groups is 1. The second-order valence-electron chi connectivity index (χ2n) is 6.98. The Morgan fingerprint density at radius 3 is 2.77 bits per heavy atom. The highest BCUT2D eigenvalue weighted by Gasteiger charge is 2.18. The predicted octanol–water partition coefficient (Wildman–Crippen LogP) is 4.34. The summed E-state index contributed by atoms with van der Waals surface area (Å²) in [7, 11) is 0. The number of likely N-dealkylation sites (tertiary alicyclic amines) is 1. The Kier molecular flexibility index (Phi) is 12.7. The number of piperidine rings is 1. The van der Waals surface area contributed by atoms with Crippen molar-refractivity contribution in [2.24, 2.45) is 10.9 Å². The Labute approximate surface area is 176 Å². The Morgan fingerprint density at radius 2 is 2.04 bits per heavy atom. The van der Waals surface area contributed by atoms with E-state index in [1.54, 1.807) is 0 Å². The number of rotatable bonds is 9. The molecule has 1 aromatic rings. The van der Waals surface area contributed by atoms with Gasteiger partial charge < -0.3 is 15.0 Å². The molecule has 1 atom stereocenters. The fourth-order valence-electron chi connectivity index (χ4n) is 3.25. The Morgan fingerprint density at radius 1 is 1.23 bits per heavy atom. The van der Waals surface area contributed by atoms with Gasteiger partial charge in [0, 0.05) is 32.8 Å². The number of unbranched alkanes of at least 4 members (excludes halogenated alkanes) is 1. The summed E-state index contributed by atoms with van der Waals surface area (Å²) in [5, 5.41) is 3.45. The van der Waals surface area contributed by atoms with Crippen LogP contribution in [0.4, 0.5) is 0 Å². The van der Waals surface area contributed by atoms with E-state index in [1.807, 2.05) is 0 Å². The minimum atomic E-state index is 0. The Hall–Kier alpha value is -0.820. The number of hydrogen-bond acceptors (Lipinski definition) is 2. The molecule has 1 heterocycles. The Balaban J connectivity index is 0.00000338. The number of hydrogen-bond donors (Lipinski definition) is 1. The normalized spacial score (nSPS) is 17.7. The molecule has 2 rings (SSSR count). The minimum Gasteiger partial charge on any atom is -0.381 e. The summed E-state index contributed by atoms with van der Waals surface area (Å²) in [5.74, 6) is 1.87. The third-order valence-electron chi connectivity index (χ3n) is 4.63. The summed E-state index contributed by atoms with van der Waals surface area (Å²) in [5.41, 5.74) is 1.35. The van der Waals surface area contributed by atoms with Crippen LogP contribution < -0.4 is 5.32 Å². The van der Waals surface area contributed by atoms with E-state index in [1.165, 1.54) is 18.4 Å². The number of ether oxygens (including phenoxy) is 1. The molecular formula is C21H36IN3O. The molecule has 1 fully saturated rings. The molecular weight excluding hydrogens is 437 g/mol. The lowest BCUT2D eigenvalue weighted by atomic mass is 10.0. The Bertz CT molecular complexity index is 495. The summed E-state index contributed by atoms with van der Waals surface area (Å²) in [4.78, 5) is 7.24. The molecule has 4 nitrogen and oxygen atoms in total. The van der Waals surface area contributed by atoms with Gasteiger partial charge in [0.2, 0.25) is 0 Å². The van der Waals surface area contributed by atoms with E-state index in [4.69, 9.17) is 9.73 Å². The van der Waals surface area contributed by atoms with E-state index in [-0.39, 0.29) is 24.0 Å². The molecule has 0 aliphatic carbocycles. The maximum Gasteiger partial charge on any atom is 0.193 e. The van der Waals surface area contributed by atoms with E-state index >= 15 is 0 Å². The van der Waals surface area contributed by atoms with Gasteiger partial charge in [0.15, 0.2) is 5.96 Å². The first-order valence-electron chi connectivity index (χ1n) is 9.94. The van der Waals surface area contributed by atoms with Crippen LogP contribution in [0.2, 0.25) is 0 Å². The monoisotopic (exact) mass is 473 g/mol. The average molecular weight is 473 g/mol. The molecule has 0 saturated carbocycles. The first-order valence-corrected chi connectivity index (χ1v) is 9.94. The summed E-state index contributed by atoms with van der Waals surface area (Å²) in [6, 6.07) is 10.5. The highest BCUT2D eigenvalue weighted by Crippen LogP contribution is 2.15. The van der Waals surface area contributed by atoms with Crippen molar-refractivity contribution in [1.29, 1.82) is 0 Å². The molecule has 1 N–H and O–H groups in total. The van der Waals surface area contributed by atoms with Crippen LogP contribution >= 0.6 is 24.0 Å². The van der Waals surface area contributed by atoms with Gasteiger partial charge in [-0.2, -0.15) is 0 Å². The van der Waals surface area contributed by atoms with Crippen molar-refractivity contribution in [1.82, 2.24) is 10.2 Å². The van der Waals surface area contributed by atoms with E-state index < -0.39 is 0 Å². The number of halogens is 1. The van der Waals surface area contributed by atoms with Gasteiger partial charge in [-0.25, -0.2) is 0 Å². The number of nitrogens with zero attached hydrogens (tertiary/aromatic N) is 2. The fourth-order valence-corrected chi connectivity index (χ4v) is 3.25. The van der Waals surface area contributed by atoms with Crippen molar-refractivity contribution >= 4 is 29.9 Å². The maximum absolute atomic E-state index is 5.75. The van der Waals surface area contributed by atoms with Crippen LogP contribution in [0.15, 0.2) is 35.3 Å². The smallest absolute Gasteiger partial charge is 0.193 e. The molecule has 0 bridgehead atoms. The largest absolute Gasteiger partial charge is 0.381 e. The molecule has 0 aromatic heterocycles. The lowest BCUT2D eigenvalue weighted by Gasteiger charge is -2.33. The molecule has 1 aliphatic rings. The van der Waals surface area contributed by atoms with Gasteiger partial charge in [-0.1, -0.05) is 37.3 Å². The first kappa shape index (κ1) is 23.2. The van der Waals surface area contributed by atoms with Gasteiger partial charge in [-0.15, -0.1) is 24.0 Å². The quantitative estimate of drug-likeness (QED) is 0.251. The lowest BCUT2D eigenvalue weighted by molar-refractivity contribution is 0.134. The van der Waals surface area contributed by atoms with Crippen molar-refractivity contribution in [3.63, 3.8) is 0 Å². The van der Waals surface area contributed by atoms with Crippen LogP contribution in [0.5, 0.6) is 0 Å². The first-order chi connectivity index (χ1) is 12.3. The van der Waals surface area contributed by atoms with Gasteiger partial charge >= 0.3 is 0 Å². The van der Waals surface area contributed by atoms with E-state index in [9.17, 15) is 0 Å². The molecule has 0 radical (unpaired) electrons. The molecule has 0 spiro atoms. The third kappa shape index (κ3) is 9.21. The van der Waals surface area contributed by atoms with Crippen molar-refractivity contribution in [2.75, 3.05) is 39.4 Å². The van der Waals surface area contributed by atoms with Crippen LogP contribution in [-0.4, -0.2) is 50.3 Å². The van der Waals surface area contributed by atoms with Crippen molar-refractivity contribution in [2.45, 2.75) is 46.0 Å². The number of nitrogens with one attached hydrogen (secondary N) is 1. The molecule has 1 saturated heterocycles. The SMILES string of the molecule is CCNC(=NCCCCOCCc1ccccc1)N1CCCC(C)C1.I. The standard InChI is InChI=1S/C21H35N3O.HI/c1-3-22-21(24-15-9-10-19(2)18-24)23-14-7-8-16-25-17-13-20-11-5-4-6-12-20;/h4-6,11-12,19H,3,7-10,13-18H2,1-2H3,(H,22,23);1H. The van der Waals surface area contributed by atoms with Crippen LogP contribution in [0, 0.1) is 5.92 Å². The molecule has 148 valence electrons. The van der Waals surface area contributed by atoms with E-state index in [2.05, 4.69) is 54.4 Å². The predicted molar refractivity (Wildman–Crippen MR) is 122 cm³/mol. The maximum atomic E-state index is 5.75. The molecule has 1 unspecified atom stereocenters. The van der Waals surface area contributed by atoms with Crippen molar-refractivity contribution in [3.05, 3.63) is 35.9 Å². The summed E-state index contributed by atoms with van der Waals surface area (Å²) in [6.07, 6.45) is 5.78. The van der Waals surface area contributed by atoms with Crippen LogP contribution in [0.3, 0.4) is 0 Å². The summed E-state index contributed by atoms with van der Waals surface area (Å²) in [6.45, 7) is 10.2. The van der Waals surface area contributed by atoms with E-state index in [0.717, 1.165) is 70.5 Å². The zero-order chi connectivity index (χ0) is 17.7. The summed E-state index contributed by atoms with van der Waals surface area (Å²) < 4.78 is 5.75. The zero-order valence-corrected chi connectivity index (χ0v) is 18.8. The zero-order valence-electron chi connectivity index (χ0n) is 16.5. The van der Waals surface area contributed by atoms with Crippen LogP contribution in [0.25, 0.3) is 0 Å². The van der Waals surface area contributed by atoms with Gasteiger partial charge in [-0.3, -0.25) is 4.99 Å². The average Bonchev–Trinajstić information content (AvgIpc) is 2.64. The van der Waals surface area contributed by atoms with Gasteiger partial charge in [0.1, 0.15) is 0 Å². The topological polar surface area (TPSA) is 36.9 Å². The molecule has 5 heteroatoms. The third-order valence-corrected chi connectivity index (χ3v) is 4.63. The minimum absolute atomic E-state index is 0. The van der Waals surface area contributed by atoms with Gasteiger partial charge in [0.25, 0.3) is 0 Å². The number of benzene rings is 1. The lowest BCUT2D eigenvalue weighted by Crippen LogP contribution is -2.46. The van der Waals surface area contributed by atoms with Crippen LogP contribution in [-0.2, 0) is 11.2 Å². The molecule has 1 aliphatic heterocycles. The second kappa shape index (κ2) is 14.3. The molecule has 26 heavy (non-hydrogen) atoms. The highest BCUT2D eigenvalue weighted by atomic mass is 127. The van der Waals surface area contributed by atoms with Gasteiger partial charge in [0.05, 0.1) is 6.61 Å². The van der Waals surface area contributed by atoms with Crippen molar-refractivity contribution < 1.29 is 4.74 Å². The molecule has 1 aromatic carbocycles. The second-order valence-corrected chi connectivity index (χ2v) is 6.98. The van der Waals surface area contributed by atoms with Crippen molar-refractivity contribution in [3.8, 4) is 0 Å². The number of aliphatic imine (C=N–C) groups is 1. The van der Waals surface area contributed by atoms with Crippen LogP contribution in [0.1, 0.15) is 45.1 Å².